The van der Waals surface area contributed by atoms with Crippen LogP contribution < -0.4 is 16.6 Å². The summed E-state index contributed by atoms with van der Waals surface area (Å²) < 4.78 is 2.02. The van der Waals surface area contributed by atoms with Gasteiger partial charge in [0.1, 0.15) is 5.82 Å². The number of carbonyl (C=O) groups excluding carboxylic acids is 1. The van der Waals surface area contributed by atoms with Crippen molar-refractivity contribution in [3.8, 4) is 0 Å². The average Bonchev–Trinajstić information content (AvgIpc) is 3.00. The third-order valence-corrected chi connectivity index (χ3v) is 2.86. The lowest BCUT2D eigenvalue weighted by molar-refractivity contribution is 0.0953. The molecule has 0 unspecified atom stereocenters. The van der Waals surface area contributed by atoms with E-state index < -0.39 is 0 Å². The smallest absolute Gasteiger partial charge is 0.251 e. The number of nitrogens with one attached hydrogen (secondary N) is 2. The number of nitrogens with zero attached hydrogens (tertiary/aromatic N) is 3. The maximum Gasteiger partial charge on any atom is 0.251 e. The van der Waals surface area contributed by atoms with E-state index in [9.17, 15) is 4.79 Å². The number of hydrazine groups is 1. The highest BCUT2D eigenvalue weighted by molar-refractivity contribution is 5.94. The van der Waals surface area contributed by atoms with Gasteiger partial charge in [-0.15, -0.1) is 0 Å². The van der Waals surface area contributed by atoms with E-state index in [0.29, 0.717) is 17.9 Å². The van der Waals surface area contributed by atoms with Crippen LogP contribution in [0.4, 0.5) is 5.82 Å². The molecule has 0 bridgehead atoms. The molecule has 2 aromatic rings. The van der Waals surface area contributed by atoms with Crippen LogP contribution in [0.25, 0.3) is 0 Å². The first-order valence-corrected chi connectivity index (χ1v) is 6.46. The third kappa shape index (κ3) is 4.06. The number of nitrogens with two attached hydrogens (primary N) is 1. The first-order valence-electron chi connectivity index (χ1n) is 6.46. The number of rotatable bonds is 7. The van der Waals surface area contributed by atoms with Crippen molar-refractivity contribution in [3.63, 3.8) is 0 Å². The van der Waals surface area contributed by atoms with Crippen molar-refractivity contribution in [2.45, 2.75) is 19.4 Å². The molecule has 2 heterocycles. The molecule has 0 aliphatic rings. The Morgan fingerprint density at radius 2 is 2.25 bits per heavy atom. The van der Waals surface area contributed by atoms with E-state index >= 15 is 0 Å². The fraction of sp³-hybridized carbons (Fsp3) is 0.308. The molecule has 0 aliphatic heterocycles. The van der Waals surface area contributed by atoms with Gasteiger partial charge in [0, 0.05) is 37.2 Å². The Morgan fingerprint density at radius 1 is 1.35 bits per heavy atom. The second kappa shape index (κ2) is 7.25. The zero-order valence-electron chi connectivity index (χ0n) is 11.1. The summed E-state index contributed by atoms with van der Waals surface area (Å²) in [6.45, 7) is 1.55. The van der Waals surface area contributed by atoms with Gasteiger partial charge in [0.15, 0.2) is 0 Å². The minimum absolute atomic E-state index is 0.119. The minimum Gasteiger partial charge on any atom is -0.352 e. The number of hydrogen-bond donors (Lipinski definition) is 3. The number of anilines is 1. The molecule has 106 valence electrons. The first-order chi connectivity index (χ1) is 9.79. The van der Waals surface area contributed by atoms with Crippen LogP contribution in [0.5, 0.6) is 0 Å². The summed E-state index contributed by atoms with van der Waals surface area (Å²) in [4.78, 5) is 19.8. The standard InChI is InChI=1S/C13H18N6O/c14-18-12-9-11(3-5-16-12)13(20)17-4-1-2-7-19-8-6-15-10-19/h3,5-6,8-10H,1-2,4,7,14H2,(H,16,18)(H,17,20). The van der Waals surface area contributed by atoms with Gasteiger partial charge in [0.25, 0.3) is 5.91 Å². The summed E-state index contributed by atoms with van der Waals surface area (Å²) in [7, 11) is 0. The normalized spacial score (nSPS) is 10.2. The highest BCUT2D eigenvalue weighted by atomic mass is 16.1. The van der Waals surface area contributed by atoms with Crippen molar-refractivity contribution in [2.75, 3.05) is 12.0 Å². The second-order valence-electron chi connectivity index (χ2n) is 4.34. The fourth-order valence-corrected chi connectivity index (χ4v) is 1.79. The van der Waals surface area contributed by atoms with E-state index in [0.717, 1.165) is 19.4 Å². The highest BCUT2D eigenvalue weighted by Crippen LogP contribution is 2.05. The zero-order chi connectivity index (χ0) is 14.2. The molecule has 4 N–H and O–H groups in total. The maximum absolute atomic E-state index is 11.9. The van der Waals surface area contributed by atoms with Crippen molar-refractivity contribution in [1.82, 2.24) is 19.9 Å². The molecule has 1 amide bonds. The number of amides is 1. The number of aryl methyl sites for hydroxylation is 1. The molecule has 0 saturated carbocycles. The van der Waals surface area contributed by atoms with E-state index in [1.807, 2.05) is 10.8 Å². The summed E-state index contributed by atoms with van der Waals surface area (Å²) in [6.07, 6.45) is 8.92. The predicted molar refractivity (Wildman–Crippen MR) is 75.8 cm³/mol. The van der Waals surface area contributed by atoms with Crippen molar-refractivity contribution < 1.29 is 4.79 Å². The van der Waals surface area contributed by atoms with Crippen molar-refractivity contribution in [3.05, 3.63) is 42.6 Å². The Kier molecular flexibility index (Phi) is 5.08. The largest absolute Gasteiger partial charge is 0.352 e. The topological polar surface area (TPSA) is 97.9 Å². The van der Waals surface area contributed by atoms with Gasteiger partial charge in [-0.1, -0.05) is 0 Å². The quantitative estimate of drug-likeness (QED) is 0.393. The van der Waals surface area contributed by atoms with Crippen LogP contribution in [0.3, 0.4) is 0 Å². The van der Waals surface area contributed by atoms with Gasteiger partial charge in [-0.3, -0.25) is 4.79 Å². The molecule has 0 fully saturated rings. The van der Waals surface area contributed by atoms with Crippen LogP contribution in [0, 0.1) is 0 Å². The number of pyridine rings is 1. The summed E-state index contributed by atoms with van der Waals surface area (Å²) in [6, 6.07) is 3.27. The van der Waals surface area contributed by atoms with E-state index in [-0.39, 0.29) is 5.91 Å². The number of unbranched alkanes of at least 4 members (excludes halogenated alkanes) is 1. The van der Waals surface area contributed by atoms with E-state index in [1.54, 1.807) is 30.9 Å². The fourth-order valence-electron chi connectivity index (χ4n) is 1.79. The summed E-state index contributed by atoms with van der Waals surface area (Å²) in [5.74, 6) is 5.60. The molecular formula is C13H18N6O. The van der Waals surface area contributed by atoms with Crippen LogP contribution in [0.2, 0.25) is 0 Å². The Bertz CT molecular complexity index is 540. The number of hydrogen-bond acceptors (Lipinski definition) is 5. The van der Waals surface area contributed by atoms with Gasteiger partial charge in [-0.2, -0.15) is 0 Å². The SMILES string of the molecule is NNc1cc(C(=O)NCCCCn2ccnc2)ccn1. The number of aromatic nitrogens is 3. The van der Waals surface area contributed by atoms with Crippen LogP contribution in [0.15, 0.2) is 37.1 Å². The van der Waals surface area contributed by atoms with E-state index in [4.69, 9.17) is 5.84 Å². The summed E-state index contributed by atoms with van der Waals surface area (Å²) in [5.41, 5.74) is 2.96. The first kappa shape index (κ1) is 14.0. The van der Waals surface area contributed by atoms with Gasteiger partial charge < -0.3 is 15.3 Å². The van der Waals surface area contributed by atoms with Crippen LogP contribution in [-0.2, 0) is 6.54 Å². The molecule has 0 saturated heterocycles. The van der Waals surface area contributed by atoms with Crippen molar-refractivity contribution in [2.24, 2.45) is 5.84 Å². The molecule has 7 heteroatoms. The monoisotopic (exact) mass is 274 g/mol. The third-order valence-electron chi connectivity index (χ3n) is 2.86. The average molecular weight is 274 g/mol. The molecule has 20 heavy (non-hydrogen) atoms. The van der Waals surface area contributed by atoms with E-state index in [2.05, 4.69) is 20.7 Å². The van der Waals surface area contributed by atoms with Gasteiger partial charge in [-0.25, -0.2) is 15.8 Å². The second-order valence-corrected chi connectivity index (χ2v) is 4.34. The Labute approximate surface area is 117 Å². The Morgan fingerprint density at radius 3 is 3.00 bits per heavy atom. The van der Waals surface area contributed by atoms with Crippen LogP contribution in [0.1, 0.15) is 23.2 Å². The predicted octanol–water partition coefficient (Wildman–Crippen LogP) is 0.774. The number of imidazole rings is 1. The molecule has 0 atom stereocenters. The van der Waals surface area contributed by atoms with Crippen molar-refractivity contribution >= 4 is 11.7 Å². The van der Waals surface area contributed by atoms with Gasteiger partial charge in [0.2, 0.25) is 0 Å². The lowest BCUT2D eigenvalue weighted by atomic mass is 10.2. The summed E-state index contributed by atoms with van der Waals surface area (Å²) >= 11 is 0. The van der Waals surface area contributed by atoms with Crippen LogP contribution >= 0.6 is 0 Å². The van der Waals surface area contributed by atoms with Crippen molar-refractivity contribution in [1.29, 1.82) is 0 Å². The Balaban J connectivity index is 1.69. The molecule has 2 aromatic heterocycles. The lowest BCUT2D eigenvalue weighted by Crippen LogP contribution is -2.25. The maximum atomic E-state index is 11.9. The van der Waals surface area contributed by atoms with E-state index in [1.165, 1.54) is 0 Å². The summed E-state index contributed by atoms with van der Waals surface area (Å²) in [5, 5.41) is 2.87. The van der Waals surface area contributed by atoms with Gasteiger partial charge in [0.05, 0.1) is 6.33 Å². The molecular weight excluding hydrogens is 256 g/mol. The van der Waals surface area contributed by atoms with Crippen LogP contribution in [-0.4, -0.2) is 27.0 Å². The molecule has 7 nitrogen and oxygen atoms in total. The van der Waals surface area contributed by atoms with Gasteiger partial charge in [-0.05, 0) is 25.0 Å². The Hall–Kier alpha value is -2.41. The minimum atomic E-state index is -0.119. The molecule has 0 spiro atoms. The molecule has 0 aromatic carbocycles. The van der Waals surface area contributed by atoms with Gasteiger partial charge >= 0.3 is 0 Å². The molecule has 0 aliphatic carbocycles. The molecule has 0 radical (unpaired) electrons. The molecule has 2 rings (SSSR count). The number of nitrogen functional groups attached to an aromatic ring is 1. The zero-order valence-corrected chi connectivity index (χ0v) is 11.1. The highest BCUT2D eigenvalue weighted by Gasteiger charge is 2.05. The number of carbonyl (C=O) groups is 1. The lowest BCUT2D eigenvalue weighted by Gasteiger charge is -2.06.